The van der Waals surface area contributed by atoms with Crippen LogP contribution in [0.15, 0.2) is 48.5 Å². The highest BCUT2D eigenvalue weighted by molar-refractivity contribution is 6.17. The van der Waals surface area contributed by atoms with E-state index in [0.29, 0.717) is 5.69 Å². The average Bonchev–Trinajstić information content (AvgIpc) is 2.92. The Morgan fingerprint density at radius 1 is 1.14 bits per heavy atom. The summed E-state index contributed by atoms with van der Waals surface area (Å²) in [4.78, 5) is 0. The molecule has 21 heavy (non-hydrogen) atoms. The molecule has 1 aromatic heterocycles. The summed E-state index contributed by atoms with van der Waals surface area (Å²) < 4.78 is 14.8. The third-order valence-electron chi connectivity index (χ3n) is 3.23. The van der Waals surface area contributed by atoms with Gasteiger partial charge in [0.1, 0.15) is 11.5 Å². The number of aryl methyl sites for hydroxylation is 1. The molecule has 0 saturated carbocycles. The van der Waals surface area contributed by atoms with Crippen molar-refractivity contribution < 1.29 is 4.39 Å². The number of hydrogen-bond acceptors (Lipinski definition) is 2. The van der Waals surface area contributed by atoms with Gasteiger partial charge in [-0.3, -0.25) is 0 Å². The summed E-state index contributed by atoms with van der Waals surface area (Å²) in [6, 6.07) is 14.2. The molecule has 0 aliphatic carbocycles. The Morgan fingerprint density at radius 2 is 1.90 bits per heavy atom. The van der Waals surface area contributed by atoms with E-state index >= 15 is 0 Å². The van der Waals surface area contributed by atoms with Crippen molar-refractivity contribution in [3.8, 4) is 16.9 Å². The van der Waals surface area contributed by atoms with Gasteiger partial charge < -0.3 is 0 Å². The molecule has 3 rings (SSSR count). The van der Waals surface area contributed by atoms with Crippen LogP contribution in [-0.2, 0) is 5.88 Å². The van der Waals surface area contributed by atoms with E-state index < -0.39 is 0 Å². The fourth-order valence-corrected chi connectivity index (χ4v) is 2.43. The van der Waals surface area contributed by atoms with Crippen LogP contribution in [0, 0.1) is 12.7 Å². The van der Waals surface area contributed by atoms with Gasteiger partial charge >= 0.3 is 0 Å². The van der Waals surface area contributed by atoms with E-state index in [4.69, 9.17) is 11.6 Å². The molecule has 0 radical (unpaired) electrons. The second-order valence-electron chi connectivity index (χ2n) is 4.78. The Morgan fingerprint density at radius 3 is 2.57 bits per heavy atom. The lowest BCUT2D eigenvalue weighted by atomic mass is 10.1. The van der Waals surface area contributed by atoms with Crippen LogP contribution in [-0.4, -0.2) is 15.0 Å². The van der Waals surface area contributed by atoms with Gasteiger partial charge in [-0.1, -0.05) is 29.0 Å². The average molecular weight is 302 g/mol. The van der Waals surface area contributed by atoms with E-state index in [0.717, 1.165) is 22.5 Å². The van der Waals surface area contributed by atoms with Crippen molar-refractivity contribution in [3.05, 3.63) is 65.6 Å². The Balaban J connectivity index is 2.19. The molecule has 5 heteroatoms. The summed E-state index contributed by atoms with van der Waals surface area (Å²) >= 11 is 5.97. The number of hydrogen-bond donors (Lipinski definition) is 0. The lowest BCUT2D eigenvalue weighted by Crippen LogP contribution is -2.00. The summed E-state index contributed by atoms with van der Waals surface area (Å²) in [6.07, 6.45) is 0. The van der Waals surface area contributed by atoms with Gasteiger partial charge in [-0.25, -0.2) is 9.07 Å². The van der Waals surface area contributed by atoms with E-state index in [1.807, 2.05) is 25.1 Å². The lowest BCUT2D eigenvalue weighted by Gasteiger charge is -2.08. The van der Waals surface area contributed by atoms with Crippen LogP contribution in [0.3, 0.4) is 0 Å². The standard InChI is InChI=1S/C16H13ClFN3/c1-11-3-2-4-12(9-11)16-15(10-17)19-20-21(16)14-7-5-13(18)6-8-14/h2-9H,10H2,1H3. The van der Waals surface area contributed by atoms with Gasteiger partial charge in [0.25, 0.3) is 0 Å². The van der Waals surface area contributed by atoms with Gasteiger partial charge in [-0.2, -0.15) is 0 Å². The summed E-state index contributed by atoms with van der Waals surface area (Å²) in [5.41, 5.74) is 4.41. The smallest absolute Gasteiger partial charge is 0.123 e. The molecule has 0 fully saturated rings. The molecule has 0 saturated heterocycles. The molecule has 0 aliphatic heterocycles. The molecule has 1 heterocycles. The summed E-state index contributed by atoms with van der Waals surface area (Å²) in [6.45, 7) is 2.02. The lowest BCUT2D eigenvalue weighted by molar-refractivity contribution is 0.627. The summed E-state index contributed by atoms with van der Waals surface area (Å²) in [7, 11) is 0. The monoisotopic (exact) mass is 301 g/mol. The van der Waals surface area contributed by atoms with Crippen LogP contribution < -0.4 is 0 Å². The number of rotatable bonds is 3. The maximum Gasteiger partial charge on any atom is 0.123 e. The molecule has 0 atom stereocenters. The van der Waals surface area contributed by atoms with Gasteiger partial charge in [0.05, 0.1) is 17.3 Å². The molecule has 0 unspecified atom stereocenters. The molecule has 0 N–H and O–H groups in total. The molecular formula is C16H13ClFN3. The Hall–Kier alpha value is -2.20. The van der Waals surface area contributed by atoms with Crippen molar-refractivity contribution in [1.29, 1.82) is 0 Å². The normalized spacial score (nSPS) is 10.8. The molecule has 0 amide bonds. The van der Waals surface area contributed by atoms with Crippen LogP contribution >= 0.6 is 11.6 Å². The van der Waals surface area contributed by atoms with E-state index in [1.165, 1.54) is 12.1 Å². The van der Waals surface area contributed by atoms with E-state index in [-0.39, 0.29) is 11.7 Å². The van der Waals surface area contributed by atoms with Crippen molar-refractivity contribution in [1.82, 2.24) is 15.0 Å². The first kappa shape index (κ1) is 13.8. The number of alkyl halides is 1. The Bertz CT molecular complexity index is 765. The first-order chi connectivity index (χ1) is 10.2. The van der Waals surface area contributed by atoms with Crippen molar-refractivity contribution >= 4 is 11.6 Å². The van der Waals surface area contributed by atoms with Crippen LogP contribution in [0.5, 0.6) is 0 Å². The first-order valence-electron chi connectivity index (χ1n) is 6.52. The van der Waals surface area contributed by atoms with Gasteiger partial charge in [0.2, 0.25) is 0 Å². The molecule has 106 valence electrons. The van der Waals surface area contributed by atoms with Crippen LogP contribution in [0.1, 0.15) is 11.3 Å². The quantitative estimate of drug-likeness (QED) is 0.681. The fourth-order valence-electron chi connectivity index (χ4n) is 2.25. The zero-order valence-electron chi connectivity index (χ0n) is 11.4. The van der Waals surface area contributed by atoms with E-state index in [9.17, 15) is 4.39 Å². The highest BCUT2D eigenvalue weighted by Crippen LogP contribution is 2.27. The summed E-state index contributed by atoms with van der Waals surface area (Å²) in [5.74, 6) is -0.0154. The van der Waals surface area contributed by atoms with Crippen molar-refractivity contribution in [2.45, 2.75) is 12.8 Å². The first-order valence-corrected chi connectivity index (χ1v) is 7.06. The predicted octanol–water partition coefficient (Wildman–Crippen LogP) is 4.12. The SMILES string of the molecule is Cc1cccc(-c2c(CCl)nnn2-c2ccc(F)cc2)c1. The maximum absolute atomic E-state index is 13.1. The Labute approximate surface area is 127 Å². The van der Waals surface area contributed by atoms with E-state index in [1.54, 1.807) is 16.8 Å². The minimum atomic E-state index is -0.284. The third kappa shape index (κ3) is 2.67. The Kier molecular flexibility index (Phi) is 3.71. The van der Waals surface area contributed by atoms with Crippen molar-refractivity contribution in [2.75, 3.05) is 0 Å². The summed E-state index contributed by atoms with van der Waals surface area (Å²) in [5, 5.41) is 8.28. The molecule has 3 nitrogen and oxygen atoms in total. The minimum Gasteiger partial charge on any atom is -0.213 e. The molecule has 0 spiro atoms. The highest BCUT2D eigenvalue weighted by atomic mass is 35.5. The largest absolute Gasteiger partial charge is 0.213 e. The minimum absolute atomic E-state index is 0.268. The van der Waals surface area contributed by atoms with Gasteiger partial charge in [0.15, 0.2) is 0 Å². The van der Waals surface area contributed by atoms with Crippen molar-refractivity contribution in [2.24, 2.45) is 0 Å². The van der Waals surface area contributed by atoms with Crippen LogP contribution in [0.25, 0.3) is 16.9 Å². The van der Waals surface area contributed by atoms with Gasteiger partial charge in [-0.05, 0) is 37.3 Å². The second-order valence-corrected chi connectivity index (χ2v) is 5.04. The fraction of sp³-hybridized carbons (Fsp3) is 0.125. The molecular weight excluding hydrogens is 289 g/mol. The topological polar surface area (TPSA) is 30.7 Å². The molecule has 3 aromatic rings. The maximum atomic E-state index is 13.1. The number of nitrogens with zero attached hydrogens (tertiary/aromatic N) is 3. The molecule has 2 aromatic carbocycles. The van der Waals surface area contributed by atoms with E-state index in [2.05, 4.69) is 16.4 Å². The number of aromatic nitrogens is 3. The van der Waals surface area contributed by atoms with Crippen LogP contribution in [0.2, 0.25) is 0 Å². The number of halogens is 2. The van der Waals surface area contributed by atoms with Crippen LogP contribution in [0.4, 0.5) is 4.39 Å². The van der Waals surface area contributed by atoms with Gasteiger partial charge in [-0.15, -0.1) is 16.7 Å². The van der Waals surface area contributed by atoms with Crippen molar-refractivity contribution in [3.63, 3.8) is 0 Å². The van der Waals surface area contributed by atoms with Gasteiger partial charge in [0, 0.05) is 5.56 Å². The molecule has 0 bridgehead atoms. The zero-order valence-corrected chi connectivity index (χ0v) is 12.2. The molecule has 0 aliphatic rings. The highest BCUT2D eigenvalue weighted by Gasteiger charge is 2.15. The number of benzene rings is 2. The zero-order chi connectivity index (χ0) is 14.8. The third-order valence-corrected chi connectivity index (χ3v) is 3.48. The predicted molar refractivity (Wildman–Crippen MR) is 81.0 cm³/mol. The second kappa shape index (κ2) is 5.66.